The van der Waals surface area contributed by atoms with Gasteiger partial charge in [-0.1, -0.05) is 6.92 Å². The van der Waals surface area contributed by atoms with Gasteiger partial charge in [-0.25, -0.2) is 4.98 Å². The summed E-state index contributed by atoms with van der Waals surface area (Å²) in [6.07, 6.45) is 4.84. The third-order valence-corrected chi connectivity index (χ3v) is 8.63. The Morgan fingerprint density at radius 2 is 1.96 bits per heavy atom. The maximum Gasteiger partial charge on any atom is 0.416 e. The van der Waals surface area contributed by atoms with Gasteiger partial charge in [0.25, 0.3) is 5.91 Å². The van der Waals surface area contributed by atoms with Gasteiger partial charge in [-0.2, -0.15) is 18.4 Å². The molecule has 1 N–H and O–H groups in total. The SMILES string of the molecule is C#CCCNc1cc(-c2cc(C#N)ccc2-c2nncn2C)cc(N2Cc3c(cc(CN4CCC[C@H](C)C4)cc3C(F)(F)F)C2=O)n1. The molecule has 1 amide bonds. The molecule has 47 heavy (non-hydrogen) atoms. The Morgan fingerprint density at radius 3 is 2.66 bits per heavy atom. The first-order valence-electron chi connectivity index (χ1n) is 15.4. The number of alkyl halides is 3. The lowest BCUT2D eigenvalue weighted by Gasteiger charge is -2.31. The van der Waals surface area contributed by atoms with Gasteiger partial charge in [0, 0.05) is 44.2 Å². The summed E-state index contributed by atoms with van der Waals surface area (Å²) in [5.74, 6) is 3.54. The third-order valence-electron chi connectivity index (χ3n) is 8.63. The van der Waals surface area contributed by atoms with Crippen molar-refractivity contribution in [1.82, 2.24) is 24.6 Å². The number of aromatic nitrogens is 4. The highest BCUT2D eigenvalue weighted by atomic mass is 19.4. The summed E-state index contributed by atoms with van der Waals surface area (Å²) in [6.45, 7) is 4.17. The van der Waals surface area contributed by atoms with Crippen LogP contribution in [0, 0.1) is 29.6 Å². The maximum absolute atomic E-state index is 14.5. The Hall–Kier alpha value is -5.20. The van der Waals surface area contributed by atoms with E-state index in [2.05, 4.69) is 44.3 Å². The van der Waals surface area contributed by atoms with Crippen molar-refractivity contribution in [3.05, 3.63) is 76.6 Å². The number of pyridine rings is 1. The van der Waals surface area contributed by atoms with Crippen LogP contribution in [0.25, 0.3) is 22.5 Å². The smallest absolute Gasteiger partial charge is 0.369 e. The normalized spacial score (nSPS) is 16.5. The number of hydrogen-bond donors (Lipinski definition) is 1. The monoisotopic (exact) mass is 638 g/mol. The molecule has 1 fully saturated rings. The molecular formula is C35H33F3N8O. The first kappa shape index (κ1) is 31.8. The van der Waals surface area contributed by atoms with Crippen molar-refractivity contribution >= 4 is 17.5 Å². The number of carbonyl (C=O) groups excluding carboxylic acids is 1. The molecule has 0 radical (unpaired) electrons. The number of nitrogens with zero attached hydrogens (tertiary/aromatic N) is 7. The van der Waals surface area contributed by atoms with Gasteiger partial charge >= 0.3 is 6.18 Å². The molecule has 0 bridgehead atoms. The van der Waals surface area contributed by atoms with Crippen LogP contribution in [0.1, 0.15) is 58.8 Å². The standard InChI is InChI=1S/C35H33F3N8O/c1-4-5-10-40-31-15-25(27-12-23(17-39)8-9-26(27)33-43-41-21-44(33)3)16-32(42-31)46-20-29-28(34(46)47)13-24(14-30(29)35(36,37)38)19-45-11-6-7-22(2)18-45/h1,8-9,12-16,21-22H,5-7,10-11,18-20H2,2-3H3,(H,40,42)/t22-/m0/s1. The van der Waals surface area contributed by atoms with E-state index in [0.717, 1.165) is 25.9 Å². The number of fused-ring (bicyclic) bond motifs is 1. The van der Waals surface area contributed by atoms with Crippen molar-refractivity contribution in [2.24, 2.45) is 13.0 Å². The summed E-state index contributed by atoms with van der Waals surface area (Å²) in [6, 6.07) is 13.5. The molecule has 2 aromatic heterocycles. The largest absolute Gasteiger partial charge is 0.416 e. The summed E-state index contributed by atoms with van der Waals surface area (Å²) >= 11 is 0. The molecule has 0 saturated carbocycles. The van der Waals surface area contributed by atoms with Crippen LogP contribution >= 0.6 is 0 Å². The second-order valence-electron chi connectivity index (χ2n) is 12.2. The Balaban J connectivity index is 1.44. The first-order valence-corrected chi connectivity index (χ1v) is 15.4. The minimum atomic E-state index is -4.65. The summed E-state index contributed by atoms with van der Waals surface area (Å²) < 4.78 is 45.2. The molecule has 240 valence electrons. The number of nitrogens with one attached hydrogen (secondary N) is 1. The lowest BCUT2D eigenvalue weighted by Crippen LogP contribution is -2.33. The van der Waals surface area contributed by atoms with Gasteiger partial charge in [0.1, 0.15) is 18.0 Å². The highest BCUT2D eigenvalue weighted by Gasteiger charge is 2.41. The number of rotatable bonds is 8. The number of anilines is 2. The van der Waals surface area contributed by atoms with Gasteiger partial charge in [0.2, 0.25) is 0 Å². The van der Waals surface area contributed by atoms with Gasteiger partial charge in [0.05, 0.1) is 23.7 Å². The molecule has 12 heteroatoms. The second-order valence-corrected chi connectivity index (χ2v) is 12.2. The summed E-state index contributed by atoms with van der Waals surface area (Å²) in [5, 5.41) is 21.1. The molecule has 2 aliphatic rings. The zero-order chi connectivity index (χ0) is 33.3. The Bertz CT molecular complexity index is 1920. The van der Waals surface area contributed by atoms with E-state index in [1.807, 2.05) is 0 Å². The van der Waals surface area contributed by atoms with Gasteiger partial charge in [-0.05, 0) is 90.0 Å². The van der Waals surface area contributed by atoms with Crippen LogP contribution < -0.4 is 10.2 Å². The molecule has 4 aromatic rings. The second kappa shape index (κ2) is 12.9. The van der Waals surface area contributed by atoms with Crippen LogP contribution in [-0.4, -0.2) is 50.2 Å². The fourth-order valence-electron chi connectivity index (χ4n) is 6.42. The van der Waals surface area contributed by atoms with Crippen LogP contribution in [0.2, 0.25) is 0 Å². The Morgan fingerprint density at radius 1 is 1.13 bits per heavy atom. The molecular weight excluding hydrogens is 605 g/mol. The zero-order valence-electron chi connectivity index (χ0n) is 26.1. The number of nitriles is 1. The van der Waals surface area contributed by atoms with Crippen LogP contribution in [0.4, 0.5) is 24.8 Å². The van der Waals surface area contributed by atoms with Crippen molar-refractivity contribution < 1.29 is 18.0 Å². The molecule has 0 unspecified atom stereocenters. The number of piperidine rings is 1. The molecule has 2 aromatic carbocycles. The van der Waals surface area contributed by atoms with E-state index in [4.69, 9.17) is 6.42 Å². The molecule has 2 aliphatic heterocycles. The molecule has 1 saturated heterocycles. The maximum atomic E-state index is 14.5. The number of hydrogen-bond acceptors (Lipinski definition) is 7. The van der Waals surface area contributed by atoms with Crippen LogP contribution in [0.3, 0.4) is 0 Å². The molecule has 1 atom stereocenters. The topological polar surface area (TPSA) is 103 Å². The van der Waals surface area contributed by atoms with Gasteiger partial charge in [0.15, 0.2) is 5.82 Å². The molecule has 0 aliphatic carbocycles. The molecule has 0 spiro atoms. The van der Waals surface area contributed by atoms with Crippen molar-refractivity contribution in [2.45, 2.75) is 45.5 Å². The summed E-state index contributed by atoms with van der Waals surface area (Å²) in [4.78, 5) is 22.1. The van der Waals surface area contributed by atoms with Gasteiger partial charge < -0.3 is 9.88 Å². The number of aryl methyl sites for hydroxylation is 1. The molecule has 4 heterocycles. The average molecular weight is 639 g/mol. The van der Waals surface area contributed by atoms with E-state index >= 15 is 0 Å². The van der Waals surface area contributed by atoms with E-state index in [9.17, 15) is 23.2 Å². The van der Waals surface area contributed by atoms with Crippen LogP contribution in [0.15, 0.2) is 48.8 Å². The van der Waals surface area contributed by atoms with E-state index in [0.29, 0.717) is 64.9 Å². The highest BCUT2D eigenvalue weighted by molar-refractivity contribution is 6.10. The fraction of sp³-hybridized carbons (Fsp3) is 0.343. The third kappa shape index (κ3) is 6.56. The van der Waals surface area contributed by atoms with Crippen LogP contribution in [0.5, 0.6) is 0 Å². The lowest BCUT2D eigenvalue weighted by atomic mass is 9.96. The first-order chi connectivity index (χ1) is 22.5. The fourth-order valence-corrected chi connectivity index (χ4v) is 6.42. The van der Waals surface area contributed by atoms with Crippen LogP contribution in [-0.2, 0) is 26.3 Å². The number of amides is 1. The lowest BCUT2D eigenvalue weighted by molar-refractivity contribution is -0.138. The predicted octanol–water partition coefficient (Wildman–Crippen LogP) is 6.26. The van der Waals surface area contributed by atoms with Crippen molar-refractivity contribution in [1.29, 1.82) is 5.26 Å². The summed E-state index contributed by atoms with van der Waals surface area (Å²) in [7, 11) is 1.79. The Labute approximate surface area is 271 Å². The number of halogens is 3. The average Bonchev–Trinajstić information content (AvgIpc) is 3.62. The van der Waals surface area contributed by atoms with Crippen molar-refractivity contribution in [3.8, 4) is 40.9 Å². The number of likely N-dealkylation sites (tertiary alicyclic amines) is 1. The van der Waals surface area contributed by atoms with Gasteiger partial charge in [-0.3, -0.25) is 14.6 Å². The van der Waals surface area contributed by atoms with E-state index in [-0.39, 0.29) is 23.5 Å². The van der Waals surface area contributed by atoms with E-state index in [1.165, 1.54) is 11.0 Å². The van der Waals surface area contributed by atoms with E-state index in [1.54, 1.807) is 54.3 Å². The molecule has 9 nitrogen and oxygen atoms in total. The predicted molar refractivity (Wildman–Crippen MR) is 172 cm³/mol. The quantitative estimate of drug-likeness (QED) is 0.180. The molecule has 6 rings (SSSR count). The minimum absolute atomic E-state index is 0.0279. The number of terminal acetylenes is 1. The number of carbonyl (C=O) groups is 1. The zero-order valence-corrected chi connectivity index (χ0v) is 26.1. The summed E-state index contributed by atoms with van der Waals surface area (Å²) in [5.41, 5.74) is 1.86. The highest BCUT2D eigenvalue weighted by Crippen LogP contribution is 2.41. The van der Waals surface area contributed by atoms with Crippen molar-refractivity contribution in [3.63, 3.8) is 0 Å². The number of benzene rings is 2. The minimum Gasteiger partial charge on any atom is -0.369 e. The Kier molecular flexibility index (Phi) is 8.71. The van der Waals surface area contributed by atoms with Crippen molar-refractivity contribution in [2.75, 3.05) is 29.9 Å². The van der Waals surface area contributed by atoms with E-state index < -0.39 is 17.6 Å². The van der Waals surface area contributed by atoms with Gasteiger partial charge in [-0.15, -0.1) is 22.5 Å².